The maximum atomic E-state index is 5.45. The minimum absolute atomic E-state index is 0.615. The van der Waals surface area contributed by atoms with Crippen molar-refractivity contribution in [1.29, 1.82) is 0 Å². The number of pyridine rings is 1. The van der Waals surface area contributed by atoms with E-state index in [0.717, 1.165) is 49.9 Å². The van der Waals surface area contributed by atoms with Crippen molar-refractivity contribution in [2.75, 3.05) is 39.8 Å². The molecule has 2 aromatic heterocycles. The van der Waals surface area contributed by atoms with Crippen molar-refractivity contribution in [3.8, 4) is 5.88 Å². The molecular weight excluding hydrogens is 332 g/mol. The second kappa shape index (κ2) is 9.19. The van der Waals surface area contributed by atoms with Crippen molar-refractivity contribution in [2.24, 2.45) is 4.99 Å². The van der Waals surface area contributed by atoms with Crippen molar-refractivity contribution in [3.05, 3.63) is 41.9 Å². The van der Waals surface area contributed by atoms with E-state index < -0.39 is 0 Å². The number of rotatable bonds is 6. The van der Waals surface area contributed by atoms with Crippen LogP contribution in [0.1, 0.15) is 18.2 Å². The number of aromatic nitrogens is 2. The number of nitrogens with zero attached hydrogens (tertiary/aromatic N) is 5. The lowest BCUT2D eigenvalue weighted by Gasteiger charge is -2.36. The second-order valence-corrected chi connectivity index (χ2v) is 6.09. The lowest BCUT2D eigenvalue weighted by Crippen LogP contribution is -2.52. The van der Waals surface area contributed by atoms with Gasteiger partial charge in [-0.05, 0) is 18.6 Å². The van der Waals surface area contributed by atoms with Crippen LogP contribution in [-0.4, -0.2) is 65.7 Å². The Morgan fingerprint density at radius 2 is 2.15 bits per heavy atom. The van der Waals surface area contributed by atoms with E-state index in [-0.39, 0.29) is 0 Å². The molecule has 0 spiro atoms. The molecule has 0 amide bonds. The highest BCUT2D eigenvalue weighted by Gasteiger charge is 2.20. The molecule has 0 radical (unpaired) electrons. The minimum atomic E-state index is 0.615. The molecule has 26 heavy (non-hydrogen) atoms. The molecule has 1 aliphatic rings. The molecule has 3 heterocycles. The first-order chi connectivity index (χ1) is 12.8. The Morgan fingerprint density at radius 3 is 2.85 bits per heavy atom. The van der Waals surface area contributed by atoms with E-state index in [2.05, 4.69) is 30.2 Å². The molecule has 1 fully saturated rings. The zero-order valence-electron chi connectivity index (χ0n) is 15.4. The van der Waals surface area contributed by atoms with E-state index in [1.54, 1.807) is 12.5 Å². The van der Waals surface area contributed by atoms with Gasteiger partial charge in [0.05, 0.1) is 12.3 Å². The molecule has 8 heteroatoms. The van der Waals surface area contributed by atoms with Crippen LogP contribution in [0.3, 0.4) is 0 Å². The average Bonchev–Trinajstić information content (AvgIpc) is 3.17. The molecule has 0 bridgehead atoms. The number of hydrogen-bond acceptors (Lipinski definition) is 6. The van der Waals surface area contributed by atoms with E-state index in [1.165, 1.54) is 0 Å². The summed E-state index contributed by atoms with van der Waals surface area (Å²) in [6.45, 7) is 7.88. The number of hydrogen-bond donors (Lipinski definition) is 1. The van der Waals surface area contributed by atoms with Crippen LogP contribution >= 0.6 is 0 Å². The fourth-order valence-corrected chi connectivity index (χ4v) is 2.97. The van der Waals surface area contributed by atoms with Gasteiger partial charge in [0.2, 0.25) is 5.88 Å². The Hall–Kier alpha value is -2.61. The summed E-state index contributed by atoms with van der Waals surface area (Å²) in [5.41, 5.74) is 2.10. The molecular formula is C18H26N6O2. The fraction of sp³-hybridized carbons (Fsp3) is 0.500. The zero-order valence-corrected chi connectivity index (χ0v) is 15.4. The van der Waals surface area contributed by atoms with Crippen LogP contribution in [0, 0.1) is 0 Å². The SMILES string of the molecule is CCOc1cc(CNC(=NC)N2CCN(Cc3ccon3)CC2)ccn1. The number of piperazine rings is 1. The Bertz CT molecular complexity index is 695. The number of guanidine groups is 1. The molecule has 8 nitrogen and oxygen atoms in total. The van der Waals surface area contributed by atoms with Crippen molar-refractivity contribution >= 4 is 5.96 Å². The van der Waals surface area contributed by atoms with Gasteiger partial charge in [0.15, 0.2) is 5.96 Å². The van der Waals surface area contributed by atoms with Gasteiger partial charge in [-0.1, -0.05) is 5.16 Å². The van der Waals surface area contributed by atoms with Gasteiger partial charge in [0, 0.05) is 64.6 Å². The van der Waals surface area contributed by atoms with E-state index in [1.807, 2.05) is 32.2 Å². The van der Waals surface area contributed by atoms with E-state index in [4.69, 9.17) is 9.26 Å². The maximum absolute atomic E-state index is 5.45. The highest BCUT2D eigenvalue weighted by molar-refractivity contribution is 5.80. The number of aliphatic imine (C=N–C) groups is 1. The third-order valence-electron chi connectivity index (χ3n) is 4.30. The van der Waals surface area contributed by atoms with Crippen molar-refractivity contribution in [2.45, 2.75) is 20.0 Å². The van der Waals surface area contributed by atoms with Gasteiger partial charge in [0.25, 0.3) is 0 Å². The quantitative estimate of drug-likeness (QED) is 0.617. The first kappa shape index (κ1) is 18.2. The molecule has 3 rings (SSSR count). The predicted molar refractivity (Wildman–Crippen MR) is 99.0 cm³/mol. The van der Waals surface area contributed by atoms with Crippen LogP contribution < -0.4 is 10.1 Å². The molecule has 1 aliphatic heterocycles. The summed E-state index contributed by atoms with van der Waals surface area (Å²) in [4.78, 5) is 13.3. The van der Waals surface area contributed by atoms with E-state index in [9.17, 15) is 0 Å². The molecule has 1 saturated heterocycles. The van der Waals surface area contributed by atoms with Crippen LogP contribution in [0.25, 0.3) is 0 Å². The second-order valence-electron chi connectivity index (χ2n) is 6.09. The smallest absolute Gasteiger partial charge is 0.213 e. The Labute approximate surface area is 153 Å². The third kappa shape index (κ3) is 4.95. The van der Waals surface area contributed by atoms with Gasteiger partial charge in [0.1, 0.15) is 6.26 Å². The van der Waals surface area contributed by atoms with Crippen molar-refractivity contribution in [1.82, 2.24) is 25.3 Å². The number of nitrogens with one attached hydrogen (secondary N) is 1. The minimum Gasteiger partial charge on any atom is -0.478 e. The molecule has 0 unspecified atom stereocenters. The van der Waals surface area contributed by atoms with Gasteiger partial charge in [-0.3, -0.25) is 9.89 Å². The highest BCUT2D eigenvalue weighted by atomic mass is 16.5. The van der Waals surface area contributed by atoms with Crippen LogP contribution in [0.2, 0.25) is 0 Å². The monoisotopic (exact) mass is 358 g/mol. The molecule has 2 aromatic rings. The molecule has 0 aliphatic carbocycles. The van der Waals surface area contributed by atoms with Gasteiger partial charge in [-0.25, -0.2) is 4.98 Å². The Balaban J connectivity index is 1.48. The fourth-order valence-electron chi connectivity index (χ4n) is 2.97. The molecule has 0 aromatic carbocycles. The van der Waals surface area contributed by atoms with Crippen molar-refractivity contribution < 1.29 is 9.26 Å². The zero-order chi connectivity index (χ0) is 18.2. The summed E-state index contributed by atoms with van der Waals surface area (Å²) in [6.07, 6.45) is 3.39. The van der Waals surface area contributed by atoms with Gasteiger partial charge < -0.3 is 19.5 Å². The van der Waals surface area contributed by atoms with Gasteiger partial charge >= 0.3 is 0 Å². The topological polar surface area (TPSA) is 79.0 Å². The summed E-state index contributed by atoms with van der Waals surface area (Å²) in [5.74, 6) is 1.57. The Kier molecular flexibility index (Phi) is 6.43. The first-order valence-corrected chi connectivity index (χ1v) is 8.93. The van der Waals surface area contributed by atoms with Gasteiger partial charge in [-0.2, -0.15) is 0 Å². The van der Waals surface area contributed by atoms with Crippen molar-refractivity contribution in [3.63, 3.8) is 0 Å². The summed E-state index contributed by atoms with van der Waals surface area (Å²) in [6, 6.07) is 5.86. The first-order valence-electron chi connectivity index (χ1n) is 8.93. The van der Waals surface area contributed by atoms with Crippen LogP contribution in [0.4, 0.5) is 0 Å². The van der Waals surface area contributed by atoms with Crippen LogP contribution in [0.5, 0.6) is 5.88 Å². The highest BCUT2D eigenvalue weighted by Crippen LogP contribution is 2.10. The normalized spacial score (nSPS) is 15.9. The summed E-state index contributed by atoms with van der Waals surface area (Å²) >= 11 is 0. The molecule has 0 atom stereocenters. The number of ether oxygens (including phenoxy) is 1. The Morgan fingerprint density at radius 1 is 1.31 bits per heavy atom. The largest absolute Gasteiger partial charge is 0.478 e. The lowest BCUT2D eigenvalue weighted by atomic mass is 10.2. The van der Waals surface area contributed by atoms with E-state index >= 15 is 0 Å². The van der Waals surface area contributed by atoms with E-state index in [0.29, 0.717) is 19.0 Å². The molecule has 140 valence electrons. The van der Waals surface area contributed by atoms with Crippen LogP contribution in [0.15, 0.2) is 40.2 Å². The standard InChI is InChI=1S/C18H26N6O2/c1-3-25-17-12-15(4-6-20-17)13-21-18(19-2)24-9-7-23(8-10-24)14-16-5-11-26-22-16/h4-6,11-12H,3,7-10,13-14H2,1-2H3,(H,19,21). The predicted octanol–water partition coefficient (Wildman–Crippen LogP) is 1.36. The van der Waals surface area contributed by atoms with Crippen LogP contribution in [-0.2, 0) is 13.1 Å². The molecule has 1 N–H and O–H groups in total. The summed E-state index contributed by atoms with van der Waals surface area (Å²) in [5, 5.41) is 7.41. The summed E-state index contributed by atoms with van der Waals surface area (Å²) < 4.78 is 10.4. The average molecular weight is 358 g/mol. The van der Waals surface area contributed by atoms with Gasteiger partial charge in [-0.15, -0.1) is 0 Å². The molecule has 0 saturated carbocycles. The maximum Gasteiger partial charge on any atom is 0.213 e. The summed E-state index contributed by atoms with van der Waals surface area (Å²) in [7, 11) is 1.82. The lowest BCUT2D eigenvalue weighted by molar-refractivity contribution is 0.169. The third-order valence-corrected chi connectivity index (χ3v) is 4.30.